The van der Waals surface area contributed by atoms with Crippen molar-refractivity contribution in [3.05, 3.63) is 76.0 Å². The molecule has 6 nitrogen and oxygen atoms in total. The number of sulfonamides is 1. The molecule has 4 rings (SSSR count). The summed E-state index contributed by atoms with van der Waals surface area (Å²) in [5.74, 6) is -1.55. The van der Waals surface area contributed by atoms with Crippen LogP contribution in [0.2, 0.25) is 0 Å². The number of aromatic nitrogens is 1. The molecule has 1 aliphatic rings. The maximum absolute atomic E-state index is 14.0. The number of piperazine rings is 1. The van der Waals surface area contributed by atoms with Gasteiger partial charge in [0.2, 0.25) is 10.0 Å². The number of hydrogen-bond donors (Lipinski definition) is 0. The molecule has 0 atom stereocenters. The molecule has 1 aliphatic heterocycles. The van der Waals surface area contributed by atoms with Crippen LogP contribution in [0, 0.1) is 17.5 Å². The first-order chi connectivity index (χ1) is 15.3. The van der Waals surface area contributed by atoms with E-state index in [1.807, 2.05) is 10.3 Å². The molecule has 32 heavy (non-hydrogen) atoms. The molecule has 0 bridgehead atoms. The third kappa shape index (κ3) is 5.29. The Kier molecular flexibility index (Phi) is 6.79. The molecule has 11 heteroatoms. The summed E-state index contributed by atoms with van der Waals surface area (Å²) < 4.78 is 72.5. The van der Waals surface area contributed by atoms with Gasteiger partial charge in [0.1, 0.15) is 39.7 Å². The number of hydrogen-bond acceptors (Lipinski definition) is 6. The Bertz CT molecular complexity index is 1180. The first-order valence-corrected chi connectivity index (χ1v) is 12.1. The fourth-order valence-electron chi connectivity index (χ4n) is 3.33. The predicted molar refractivity (Wildman–Crippen MR) is 113 cm³/mol. The number of nitrogens with zero attached hydrogens (tertiary/aromatic N) is 3. The van der Waals surface area contributed by atoms with E-state index in [4.69, 9.17) is 4.74 Å². The zero-order valence-corrected chi connectivity index (χ0v) is 18.5. The lowest BCUT2D eigenvalue weighted by atomic mass is 10.3. The van der Waals surface area contributed by atoms with Crippen molar-refractivity contribution in [2.45, 2.75) is 18.0 Å². The van der Waals surface area contributed by atoms with Crippen LogP contribution in [0.3, 0.4) is 0 Å². The summed E-state index contributed by atoms with van der Waals surface area (Å²) in [6.07, 6.45) is 0. The Balaban J connectivity index is 1.30. The van der Waals surface area contributed by atoms with Gasteiger partial charge in [0.25, 0.3) is 0 Å². The molecule has 0 amide bonds. The van der Waals surface area contributed by atoms with Crippen LogP contribution in [-0.4, -0.2) is 48.8 Å². The molecule has 0 unspecified atom stereocenters. The van der Waals surface area contributed by atoms with Crippen LogP contribution < -0.4 is 4.74 Å². The molecular formula is C21H20F3N3O3S2. The van der Waals surface area contributed by atoms with E-state index in [2.05, 4.69) is 4.98 Å². The van der Waals surface area contributed by atoms with Gasteiger partial charge >= 0.3 is 0 Å². The van der Waals surface area contributed by atoms with Crippen LogP contribution in [0.25, 0.3) is 0 Å². The SMILES string of the molecule is O=S(=O)(c1cc(F)ccc1F)N1CCN(Cc2csc(COc3ccc(F)cc3)n2)CC1. The first kappa shape index (κ1) is 22.7. The summed E-state index contributed by atoms with van der Waals surface area (Å²) in [6.45, 7) is 2.02. The van der Waals surface area contributed by atoms with Crippen LogP contribution in [0.1, 0.15) is 10.7 Å². The molecule has 0 N–H and O–H groups in total. The minimum atomic E-state index is -4.11. The molecule has 0 saturated carbocycles. The third-order valence-electron chi connectivity index (χ3n) is 5.00. The van der Waals surface area contributed by atoms with Gasteiger partial charge in [-0.05, 0) is 42.5 Å². The molecule has 0 radical (unpaired) electrons. The van der Waals surface area contributed by atoms with Crippen molar-refractivity contribution in [1.82, 2.24) is 14.2 Å². The van der Waals surface area contributed by atoms with E-state index in [0.29, 0.717) is 31.5 Å². The van der Waals surface area contributed by atoms with E-state index in [-0.39, 0.29) is 25.5 Å². The highest BCUT2D eigenvalue weighted by Gasteiger charge is 2.31. The van der Waals surface area contributed by atoms with Gasteiger partial charge in [-0.15, -0.1) is 11.3 Å². The van der Waals surface area contributed by atoms with Crippen molar-refractivity contribution in [3.63, 3.8) is 0 Å². The monoisotopic (exact) mass is 483 g/mol. The fourth-order valence-corrected chi connectivity index (χ4v) is 5.53. The molecule has 1 saturated heterocycles. The average molecular weight is 484 g/mol. The highest BCUT2D eigenvalue weighted by molar-refractivity contribution is 7.89. The Labute approximate surface area is 187 Å². The topological polar surface area (TPSA) is 62.7 Å². The lowest BCUT2D eigenvalue weighted by Gasteiger charge is -2.33. The standard InChI is InChI=1S/C21H20F3N3O3S2/c22-15-1-4-18(5-2-15)30-13-21-25-17(14-31-21)12-26-7-9-27(10-8-26)32(28,29)20-11-16(23)3-6-19(20)24/h1-6,11,14H,7-10,12-13H2. The molecule has 2 aromatic carbocycles. The normalized spacial score (nSPS) is 15.7. The fraction of sp³-hybridized carbons (Fsp3) is 0.286. The van der Waals surface area contributed by atoms with Crippen LogP contribution in [0.15, 0.2) is 52.7 Å². The molecular weight excluding hydrogens is 463 g/mol. The molecule has 1 fully saturated rings. The molecule has 170 valence electrons. The minimum Gasteiger partial charge on any atom is -0.486 e. The second-order valence-corrected chi connectivity index (χ2v) is 10.1. The summed E-state index contributed by atoms with van der Waals surface area (Å²) in [6, 6.07) is 8.16. The summed E-state index contributed by atoms with van der Waals surface area (Å²) in [5.41, 5.74) is 0.834. The van der Waals surface area contributed by atoms with Crippen LogP contribution in [0.4, 0.5) is 13.2 Å². The number of benzene rings is 2. The predicted octanol–water partition coefficient (Wildman–Crippen LogP) is 3.65. The van der Waals surface area contributed by atoms with Crippen molar-refractivity contribution in [3.8, 4) is 5.75 Å². The van der Waals surface area contributed by atoms with Gasteiger partial charge in [0.05, 0.1) is 5.69 Å². The highest BCUT2D eigenvalue weighted by atomic mass is 32.2. The van der Waals surface area contributed by atoms with Crippen molar-refractivity contribution >= 4 is 21.4 Å². The van der Waals surface area contributed by atoms with E-state index < -0.39 is 26.6 Å². The van der Waals surface area contributed by atoms with Gasteiger partial charge in [-0.1, -0.05) is 0 Å². The number of thiazole rings is 1. The van der Waals surface area contributed by atoms with Crippen molar-refractivity contribution < 1.29 is 26.3 Å². The number of rotatable bonds is 7. The number of ether oxygens (including phenoxy) is 1. The first-order valence-electron chi connectivity index (χ1n) is 9.80. The summed E-state index contributed by atoms with van der Waals surface area (Å²) >= 11 is 1.45. The van der Waals surface area contributed by atoms with Crippen LogP contribution in [-0.2, 0) is 23.2 Å². The van der Waals surface area contributed by atoms with Crippen molar-refractivity contribution in [2.75, 3.05) is 26.2 Å². The highest BCUT2D eigenvalue weighted by Crippen LogP contribution is 2.23. The van der Waals surface area contributed by atoms with E-state index in [1.54, 1.807) is 12.1 Å². The van der Waals surface area contributed by atoms with Gasteiger partial charge in [-0.2, -0.15) is 4.31 Å². The Hall–Kier alpha value is -2.47. The smallest absolute Gasteiger partial charge is 0.246 e. The molecule has 2 heterocycles. The molecule has 3 aromatic rings. The Morgan fingerprint density at radius 3 is 2.38 bits per heavy atom. The molecule has 1 aromatic heterocycles. The average Bonchev–Trinajstić information content (AvgIpc) is 3.22. The van der Waals surface area contributed by atoms with E-state index in [9.17, 15) is 21.6 Å². The van der Waals surface area contributed by atoms with Crippen molar-refractivity contribution in [1.29, 1.82) is 0 Å². The quantitative estimate of drug-likeness (QED) is 0.514. The summed E-state index contributed by atoms with van der Waals surface area (Å²) in [7, 11) is -4.11. The van der Waals surface area contributed by atoms with Crippen LogP contribution in [0.5, 0.6) is 5.75 Å². The van der Waals surface area contributed by atoms with E-state index in [1.165, 1.54) is 27.8 Å². The molecule has 0 spiro atoms. The molecule has 0 aliphatic carbocycles. The minimum absolute atomic E-state index is 0.170. The second-order valence-electron chi connectivity index (χ2n) is 7.23. The van der Waals surface area contributed by atoms with Gasteiger partial charge in [-0.25, -0.2) is 26.6 Å². The van der Waals surface area contributed by atoms with Crippen LogP contribution >= 0.6 is 11.3 Å². The largest absolute Gasteiger partial charge is 0.486 e. The maximum atomic E-state index is 14.0. The van der Waals surface area contributed by atoms with Gasteiger partial charge in [0.15, 0.2) is 0 Å². The van der Waals surface area contributed by atoms with E-state index >= 15 is 0 Å². The lowest BCUT2D eigenvalue weighted by molar-refractivity contribution is 0.179. The summed E-state index contributed by atoms with van der Waals surface area (Å²) in [4.78, 5) is 5.94. The zero-order chi connectivity index (χ0) is 22.7. The second kappa shape index (κ2) is 9.57. The zero-order valence-electron chi connectivity index (χ0n) is 16.9. The van der Waals surface area contributed by atoms with Gasteiger partial charge < -0.3 is 4.74 Å². The van der Waals surface area contributed by atoms with E-state index in [0.717, 1.165) is 22.8 Å². The van der Waals surface area contributed by atoms with Gasteiger partial charge in [0, 0.05) is 38.1 Å². The van der Waals surface area contributed by atoms with Crippen molar-refractivity contribution in [2.24, 2.45) is 0 Å². The Morgan fingerprint density at radius 2 is 1.66 bits per heavy atom. The number of halogens is 3. The maximum Gasteiger partial charge on any atom is 0.246 e. The van der Waals surface area contributed by atoms with Gasteiger partial charge in [-0.3, -0.25) is 4.90 Å². The third-order valence-corrected chi connectivity index (χ3v) is 7.79. The summed E-state index contributed by atoms with van der Waals surface area (Å²) in [5, 5.41) is 2.68. The Morgan fingerprint density at radius 1 is 0.969 bits per heavy atom. The lowest BCUT2D eigenvalue weighted by Crippen LogP contribution is -2.48.